The van der Waals surface area contributed by atoms with Crippen molar-refractivity contribution in [2.24, 2.45) is 0 Å². The van der Waals surface area contributed by atoms with Crippen molar-refractivity contribution in [2.45, 2.75) is 19.9 Å². The van der Waals surface area contributed by atoms with E-state index in [1.54, 1.807) is 18.9 Å². The van der Waals surface area contributed by atoms with Crippen LogP contribution < -0.4 is 4.90 Å². The number of pyridine rings is 1. The molecular weight excluding hydrogens is 210 g/mol. The van der Waals surface area contributed by atoms with Gasteiger partial charge in [0.25, 0.3) is 5.69 Å². The van der Waals surface area contributed by atoms with Crippen molar-refractivity contribution >= 4 is 11.5 Å². The second-order valence-electron chi connectivity index (χ2n) is 3.73. The minimum atomic E-state index is -0.433. The van der Waals surface area contributed by atoms with Crippen molar-refractivity contribution in [3.05, 3.63) is 27.9 Å². The maximum atomic E-state index is 10.7. The van der Waals surface area contributed by atoms with E-state index in [1.165, 1.54) is 12.3 Å². The number of hydrogen-bond donors (Lipinski definition) is 1. The van der Waals surface area contributed by atoms with E-state index < -0.39 is 4.92 Å². The molecule has 0 aromatic carbocycles. The number of aromatic nitrogens is 1. The largest absolute Gasteiger partial charge is 0.394 e. The first-order valence-corrected chi connectivity index (χ1v) is 4.92. The number of aliphatic hydroxyl groups is 1. The van der Waals surface area contributed by atoms with Crippen molar-refractivity contribution in [2.75, 3.05) is 18.6 Å². The molecule has 0 aliphatic heterocycles. The Morgan fingerprint density at radius 1 is 1.69 bits per heavy atom. The Morgan fingerprint density at radius 3 is 2.81 bits per heavy atom. The number of nitrogens with zero attached hydrogens (tertiary/aromatic N) is 3. The van der Waals surface area contributed by atoms with Crippen LogP contribution in [0.25, 0.3) is 0 Å². The molecule has 0 aliphatic rings. The van der Waals surface area contributed by atoms with E-state index in [-0.39, 0.29) is 18.3 Å². The molecule has 6 heteroatoms. The van der Waals surface area contributed by atoms with Gasteiger partial charge in [0.2, 0.25) is 0 Å². The minimum absolute atomic E-state index is 0.0279. The average Bonchev–Trinajstić information content (AvgIpc) is 2.27. The summed E-state index contributed by atoms with van der Waals surface area (Å²) in [4.78, 5) is 16.1. The fourth-order valence-corrected chi connectivity index (χ4v) is 1.24. The number of hydrogen-bond acceptors (Lipinski definition) is 5. The third-order valence-corrected chi connectivity index (χ3v) is 2.54. The van der Waals surface area contributed by atoms with Crippen LogP contribution in [0.15, 0.2) is 12.3 Å². The number of likely N-dealkylation sites (N-methyl/N-ethyl adjacent to an activating group) is 1. The molecule has 1 aromatic heterocycles. The van der Waals surface area contributed by atoms with Crippen molar-refractivity contribution in [1.82, 2.24) is 4.98 Å². The molecule has 0 fully saturated rings. The monoisotopic (exact) mass is 225 g/mol. The zero-order chi connectivity index (χ0) is 12.3. The molecule has 1 aromatic rings. The van der Waals surface area contributed by atoms with Gasteiger partial charge in [0.05, 0.1) is 23.6 Å². The summed E-state index contributed by atoms with van der Waals surface area (Å²) < 4.78 is 0. The van der Waals surface area contributed by atoms with Crippen LogP contribution in [0.4, 0.5) is 11.5 Å². The van der Waals surface area contributed by atoms with Gasteiger partial charge in [0.1, 0.15) is 5.82 Å². The van der Waals surface area contributed by atoms with Gasteiger partial charge >= 0.3 is 0 Å². The van der Waals surface area contributed by atoms with Crippen LogP contribution in [-0.2, 0) is 0 Å². The summed E-state index contributed by atoms with van der Waals surface area (Å²) in [7, 11) is 1.74. The molecule has 0 spiro atoms. The van der Waals surface area contributed by atoms with E-state index in [9.17, 15) is 10.1 Å². The molecule has 88 valence electrons. The second-order valence-corrected chi connectivity index (χ2v) is 3.73. The molecule has 1 N–H and O–H groups in total. The van der Waals surface area contributed by atoms with Crippen molar-refractivity contribution in [1.29, 1.82) is 0 Å². The first-order valence-electron chi connectivity index (χ1n) is 4.92. The highest BCUT2D eigenvalue weighted by atomic mass is 16.6. The Kier molecular flexibility index (Phi) is 3.78. The Morgan fingerprint density at radius 2 is 2.31 bits per heavy atom. The number of nitro groups is 1. The molecule has 0 saturated carbocycles. The van der Waals surface area contributed by atoms with E-state index in [2.05, 4.69) is 4.98 Å². The van der Waals surface area contributed by atoms with E-state index >= 15 is 0 Å². The summed E-state index contributed by atoms with van der Waals surface area (Å²) in [6.07, 6.45) is 1.47. The maximum absolute atomic E-state index is 10.7. The molecule has 0 aliphatic carbocycles. The van der Waals surface area contributed by atoms with Gasteiger partial charge < -0.3 is 10.0 Å². The third-order valence-electron chi connectivity index (χ3n) is 2.54. The van der Waals surface area contributed by atoms with Gasteiger partial charge in [0.15, 0.2) is 0 Å². The minimum Gasteiger partial charge on any atom is -0.394 e. The predicted molar refractivity (Wildman–Crippen MR) is 60.6 cm³/mol. The first kappa shape index (κ1) is 12.4. The number of rotatable bonds is 4. The summed E-state index contributed by atoms with van der Waals surface area (Å²) in [5.74, 6) is 0.485. The van der Waals surface area contributed by atoms with Crippen LogP contribution in [0.2, 0.25) is 0 Å². The highest BCUT2D eigenvalue weighted by Gasteiger charge is 2.16. The Labute approximate surface area is 93.7 Å². The molecule has 1 rings (SSSR count). The Balaban J connectivity index is 3.07. The van der Waals surface area contributed by atoms with Crippen LogP contribution >= 0.6 is 0 Å². The van der Waals surface area contributed by atoms with Crippen LogP contribution in [0.5, 0.6) is 0 Å². The van der Waals surface area contributed by atoms with E-state index in [1.807, 2.05) is 6.92 Å². The average molecular weight is 225 g/mol. The predicted octanol–water partition coefficient (Wildman–Crippen LogP) is 1.12. The van der Waals surface area contributed by atoms with Crippen molar-refractivity contribution in [3.63, 3.8) is 0 Å². The molecule has 0 saturated heterocycles. The van der Waals surface area contributed by atoms with Crippen molar-refractivity contribution in [3.8, 4) is 0 Å². The van der Waals surface area contributed by atoms with Crippen LogP contribution in [0, 0.1) is 17.0 Å². The third kappa shape index (κ3) is 2.46. The molecule has 1 heterocycles. The molecule has 1 unspecified atom stereocenters. The lowest BCUT2D eigenvalue weighted by atomic mass is 10.2. The number of aryl methyl sites for hydroxylation is 1. The lowest BCUT2D eigenvalue weighted by Gasteiger charge is -2.23. The summed E-state index contributed by atoms with van der Waals surface area (Å²) in [6, 6.07) is 1.29. The van der Waals surface area contributed by atoms with Gasteiger partial charge in [-0.2, -0.15) is 0 Å². The molecule has 0 amide bonds. The van der Waals surface area contributed by atoms with Gasteiger partial charge in [-0.15, -0.1) is 0 Å². The van der Waals surface area contributed by atoms with E-state index in [4.69, 9.17) is 5.11 Å². The lowest BCUT2D eigenvalue weighted by Crippen LogP contribution is -2.32. The molecule has 1 atom stereocenters. The number of anilines is 1. The smallest absolute Gasteiger partial charge is 0.277 e. The zero-order valence-electron chi connectivity index (χ0n) is 9.54. The molecular formula is C10H15N3O3. The summed E-state index contributed by atoms with van der Waals surface area (Å²) in [5.41, 5.74) is 0.570. The Hall–Kier alpha value is -1.69. The highest BCUT2D eigenvalue weighted by molar-refractivity contribution is 5.50. The van der Waals surface area contributed by atoms with Crippen LogP contribution in [-0.4, -0.2) is 34.7 Å². The lowest BCUT2D eigenvalue weighted by molar-refractivity contribution is -0.385. The molecule has 16 heavy (non-hydrogen) atoms. The summed E-state index contributed by atoms with van der Waals surface area (Å²) in [5, 5.41) is 19.7. The van der Waals surface area contributed by atoms with Gasteiger partial charge in [-0.3, -0.25) is 10.1 Å². The molecule has 0 radical (unpaired) electrons. The normalized spacial score (nSPS) is 12.2. The maximum Gasteiger partial charge on any atom is 0.277 e. The first-order chi connectivity index (χ1) is 7.47. The Bertz CT molecular complexity index is 395. The second kappa shape index (κ2) is 4.89. The van der Waals surface area contributed by atoms with Gasteiger partial charge in [0, 0.05) is 18.8 Å². The van der Waals surface area contributed by atoms with Gasteiger partial charge in [-0.05, 0) is 13.8 Å². The van der Waals surface area contributed by atoms with E-state index in [0.717, 1.165) is 0 Å². The molecule has 0 bridgehead atoms. The quantitative estimate of drug-likeness (QED) is 0.613. The molecule has 6 nitrogen and oxygen atoms in total. The van der Waals surface area contributed by atoms with Crippen LogP contribution in [0.3, 0.4) is 0 Å². The van der Waals surface area contributed by atoms with Crippen LogP contribution in [0.1, 0.15) is 12.5 Å². The van der Waals surface area contributed by atoms with E-state index in [0.29, 0.717) is 11.4 Å². The SMILES string of the molecule is Cc1cnc(N(C)C(C)CO)cc1[N+](=O)[O-]. The summed E-state index contributed by atoms with van der Waals surface area (Å²) in [6.45, 7) is 3.43. The number of aliphatic hydroxyl groups excluding tert-OH is 1. The highest BCUT2D eigenvalue weighted by Crippen LogP contribution is 2.22. The van der Waals surface area contributed by atoms with Gasteiger partial charge in [-0.25, -0.2) is 4.98 Å². The van der Waals surface area contributed by atoms with Crippen molar-refractivity contribution < 1.29 is 10.0 Å². The standard InChI is InChI=1S/C10H15N3O3/c1-7-5-11-10(4-9(7)13(15)16)12(3)8(2)6-14/h4-5,8,14H,6H2,1-3H3. The zero-order valence-corrected chi connectivity index (χ0v) is 9.54. The fourth-order valence-electron chi connectivity index (χ4n) is 1.24. The van der Waals surface area contributed by atoms with Gasteiger partial charge in [-0.1, -0.05) is 0 Å². The summed E-state index contributed by atoms with van der Waals surface area (Å²) >= 11 is 0. The topological polar surface area (TPSA) is 79.5 Å². The fraction of sp³-hybridized carbons (Fsp3) is 0.500.